The minimum Gasteiger partial charge on any atom is -0.352 e. The summed E-state index contributed by atoms with van der Waals surface area (Å²) in [4.78, 5) is 0. The van der Waals surface area contributed by atoms with Crippen LogP contribution in [0.5, 0.6) is 0 Å². The van der Waals surface area contributed by atoms with E-state index in [0.717, 1.165) is 16.7 Å². The maximum atomic E-state index is 14.2. The van der Waals surface area contributed by atoms with Crippen molar-refractivity contribution in [3.05, 3.63) is 77.4 Å². The van der Waals surface area contributed by atoms with Gasteiger partial charge in [-0.05, 0) is 23.0 Å². The van der Waals surface area contributed by atoms with Crippen molar-refractivity contribution in [2.75, 3.05) is 0 Å². The quantitative estimate of drug-likeness (QED) is 0.342. The van der Waals surface area contributed by atoms with E-state index in [0.29, 0.717) is 23.2 Å². The fraction of sp³-hybridized carbons (Fsp3) is 0.200. The fourth-order valence-electron chi connectivity index (χ4n) is 4.36. The predicted molar refractivity (Wildman–Crippen MR) is 115 cm³/mol. The van der Waals surface area contributed by atoms with Crippen LogP contribution >= 0.6 is 0 Å². The summed E-state index contributed by atoms with van der Waals surface area (Å²) in [6, 6.07) is 14.0. The Morgan fingerprint density at radius 2 is 1.66 bits per heavy atom. The molecule has 0 bridgehead atoms. The van der Waals surface area contributed by atoms with Crippen LogP contribution in [0.4, 0.5) is 13.2 Å². The first-order chi connectivity index (χ1) is 15.2. The lowest BCUT2D eigenvalue weighted by molar-refractivity contribution is -0.136. The lowest BCUT2D eigenvalue weighted by atomic mass is 9.71. The number of benzene rings is 2. The van der Waals surface area contributed by atoms with Gasteiger partial charge in [-0.15, -0.1) is 0 Å². The first-order valence-corrected chi connectivity index (χ1v) is 10.1. The number of rotatable bonds is 3. The van der Waals surface area contributed by atoms with Crippen LogP contribution in [0.3, 0.4) is 0 Å². The Morgan fingerprint density at radius 3 is 2.34 bits per heavy atom. The topological polar surface area (TPSA) is 52.1 Å². The van der Waals surface area contributed by atoms with Gasteiger partial charge in [0, 0.05) is 16.7 Å². The number of alkyl halides is 3. The third-order valence-electron chi connectivity index (χ3n) is 5.90. The molecule has 0 aliphatic heterocycles. The van der Waals surface area contributed by atoms with Gasteiger partial charge < -0.3 is 9.05 Å². The third-order valence-corrected chi connectivity index (χ3v) is 5.90. The van der Waals surface area contributed by atoms with Gasteiger partial charge in [0.1, 0.15) is 17.0 Å². The summed E-state index contributed by atoms with van der Waals surface area (Å²) in [5.74, 6) is -0.486. The van der Waals surface area contributed by atoms with E-state index in [4.69, 9.17) is 9.05 Å². The van der Waals surface area contributed by atoms with E-state index in [1.165, 1.54) is 0 Å². The van der Waals surface area contributed by atoms with Crippen molar-refractivity contribution in [1.82, 2.24) is 10.3 Å². The summed E-state index contributed by atoms with van der Waals surface area (Å²) in [5, 5.41) is 7.91. The number of hydrogen-bond acceptors (Lipinski definition) is 4. The van der Waals surface area contributed by atoms with Gasteiger partial charge in [-0.3, -0.25) is 0 Å². The lowest BCUT2D eigenvalue weighted by Gasteiger charge is -2.32. The van der Waals surface area contributed by atoms with E-state index in [-0.39, 0.29) is 16.9 Å². The molecule has 0 amide bonds. The minimum absolute atomic E-state index is 0.0338. The summed E-state index contributed by atoms with van der Waals surface area (Å²) in [6.45, 7) is 7.90. The predicted octanol–water partition coefficient (Wildman–Crippen LogP) is 7.16. The van der Waals surface area contributed by atoms with E-state index in [1.807, 2.05) is 32.0 Å². The van der Waals surface area contributed by atoms with Gasteiger partial charge in [0.25, 0.3) is 0 Å². The third kappa shape index (κ3) is 3.07. The van der Waals surface area contributed by atoms with Gasteiger partial charge in [-0.25, -0.2) is 0 Å². The SMILES string of the molecule is C=Cc1ccc2c(c1)C(C)(C)Cc1c-2noc1-c1onc(-c2ccccc2)c1C(F)(F)F. The van der Waals surface area contributed by atoms with Crippen LogP contribution in [0.15, 0.2) is 64.2 Å². The maximum absolute atomic E-state index is 14.2. The lowest BCUT2D eigenvalue weighted by Crippen LogP contribution is -2.25. The van der Waals surface area contributed by atoms with Crippen molar-refractivity contribution in [3.8, 4) is 34.0 Å². The molecule has 1 aliphatic carbocycles. The molecule has 32 heavy (non-hydrogen) atoms. The van der Waals surface area contributed by atoms with Gasteiger partial charge in [0.2, 0.25) is 11.5 Å². The molecule has 2 aromatic carbocycles. The molecular weight excluding hydrogens is 417 g/mol. The summed E-state index contributed by atoms with van der Waals surface area (Å²) in [7, 11) is 0. The van der Waals surface area contributed by atoms with E-state index in [9.17, 15) is 13.2 Å². The monoisotopic (exact) mass is 436 g/mol. The molecule has 5 rings (SSSR count). The van der Waals surface area contributed by atoms with E-state index in [2.05, 4.69) is 16.9 Å². The summed E-state index contributed by atoms with van der Waals surface area (Å²) in [6.07, 6.45) is -2.50. The molecule has 0 saturated heterocycles. The molecule has 0 saturated carbocycles. The smallest absolute Gasteiger partial charge is 0.352 e. The molecule has 4 aromatic rings. The molecular formula is C25H19F3N2O2. The molecule has 2 heterocycles. The standard InChI is InChI=1S/C25H19F3N2O2/c1-4-14-10-11-16-18(12-14)24(2,3)13-17-21(16)30-31-22(17)23-19(25(26,27)28)20(29-32-23)15-8-6-5-7-9-15/h4-12H,1,13H2,2-3H3. The molecule has 0 fully saturated rings. The van der Waals surface area contributed by atoms with Crippen molar-refractivity contribution >= 4 is 6.08 Å². The van der Waals surface area contributed by atoms with Crippen LogP contribution < -0.4 is 0 Å². The van der Waals surface area contributed by atoms with Crippen LogP contribution in [-0.4, -0.2) is 10.3 Å². The zero-order valence-corrected chi connectivity index (χ0v) is 17.5. The Labute approximate surface area is 182 Å². The molecule has 162 valence electrons. The van der Waals surface area contributed by atoms with Gasteiger partial charge in [0.15, 0.2) is 0 Å². The van der Waals surface area contributed by atoms with Gasteiger partial charge in [-0.2, -0.15) is 13.2 Å². The van der Waals surface area contributed by atoms with Crippen LogP contribution in [0.25, 0.3) is 40.1 Å². The van der Waals surface area contributed by atoms with Crippen molar-refractivity contribution in [3.63, 3.8) is 0 Å². The van der Waals surface area contributed by atoms with Crippen molar-refractivity contribution in [1.29, 1.82) is 0 Å². The Morgan fingerprint density at radius 1 is 0.969 bits per heavy atom. The normalized spacial score (nSPS) is 14.7. The van der Waals surface area contributed by atoms with Gasteiger partial charge in [-0.1, -0.05) is 85.3 Å². The van der Waals surface area contributed by atoms with Crippen molar-refractivity contribution in [2.24, 2.45) is 0 Å². The average Bonchev–Trinajstić information content (AvgIpc) is 3.38. The van der Waals surface area contributed by atoms with E-state index < -0.39 is 17.5 Å². The first kappa shape index (κ1) is 20.3. The molecule has 7 heteroatoms. The van der Waals surface area contributed by atoms with Crippen LogP contribution in [0.2, 0.25) is 0 Å². The summed E-state index contributed by atoms with van der Waals surface area (Å²) >= 11 is 0. The van der Waals surface area contributed by atoms with Crippen molar-refractivity contribution < 1.29 is 22.2 Å². The number of halogens is 3. The second kappa shape index (κ2) is 6.95. The molecule has 0 radical (unpaired) electrons. The minimum atomic E-state index is -4.69. The highest BCUT2D eigenvalue weighted by Gasteiger charge is 2.44. The first-order valence-electron chi connectivity index (χ1n) is 10.1. The zero-order chi connectivity index (χ0) is 22.7. The van der Waals surface area contributed by atoms with Crippen LogP contribution in [-0.2, 0) is 18.0 Å². The zero-order valence-electron chi connectivity index (χ0n) is 17.5. The molecule has 4 nitrogen and oxygen atoms in total. The average molecular weight is 436 g/mol. The summed E-state index contributed by atoms with van der Waals surface area (Å²) in [5.41, 5.74) is 2.65. The molecule has 0 N–H and O–H groups in total. The summed E-state index contributed by atoms with van der Waals surface area (Å²) < 4.78 is 53.2. The molecule has 1 aliphatic rings. The largest absolute Gasteiger partial charge is 0.422 e. The van der Waals surface area contributed by atoms with E-state index >= 15 is 0 Å². The molecule has 0 spiro atoms. The molecule has 2 aromatic heterocycles. The number of aromatic nitrogens is 2. The number of nitrogens with zero attached hydrogens (tertiary/aromatic N) is 2. The Kier molecular flexibility index (Phi) is 4.41. The van der Waals surface area contributed by atoms with Crippen molar-refractivity contribution in [2.45, 2.75) is 31.9 Å². The highest BCUT2D eigenvalue weighted by molar-refractivity contribution is 5.80. The highest BCUT2D eigenvalue weighted by atomic mass is 19.4. The van der Waals surface area contributed by atoms with E-state index in [1.54, 1.807) is 36.4 Å². The second-order valence-electron chi connectivity index (χ2n) is 8.51. The van der Waals surface area contributed by atoms with Gasteiger partial charge in [0.05, 0.1) is 0 Å². The van der Waals surface area contributed by atoms with Crippen LogP contribution in [0.1, 0.15) is 36.1 Å². The molecule has 0 atom stereocenters. The Balaban J connectivity index is 1.72. The Bertz CT molecular complexity index is 1330. The highest BCUT2D eigenvalue weighted by Crippen LogP contribution is 2.49. The number of fused-ring (bicyclic) bond motifs is 3. The van der Waals surface area contributed by atoms with Gasteiger partial charge >= 0.3 is 6.18 Å². The fourth-order valence-corrected chi connectivity index (χ4v) is 4.36. The second-order valence-corrected chi connectivity index (χ2v) is 8.51. The Hall–Kier alpha value is -3.61. The van der Waals surface area contributed by atoms with Crippen LogP contribution in [0, 0.1) is 0 Å². The maximum Gasteiger partial charge on any atom is 0.422 e. The molecule has 0 unspecified atom stereocenters. The number of hydrogen-bond donors (Lipinski definition) is 0.